The summed E-state index contributed by atoms with van der Waals surface area (Å²) in [5.74, 6) is 0. The van der Waals surface area contributed by atoms with Crippen LogP contribution in [0, 0.1) is 6.66 Å². The van der Waals surface area contributed by atoms with Crippen molar-refractivity contribution in [3.8, 4) is 0 Å². The summed E-state index contributed by atoms with van der Waals surface area (Å²) < 4.78 is 49.6. The van der Waals surface area contributed by atoms with Crippen LogP contribution in [0.4, 0.5) is 0 Å². The van der Waals surface area contributed by atoms with E-state index in [9.17, 15) is 0 Å². The molecule has 0 aliphatic carbocycles. The fourth-order valence-corrected chi connectivity index (χ4v) is 5.74. The van der Waals surface area contributed by atoms with Crippen molar-refractivity contribution in [1.29, 1.82) is 0 Å². The molecule has 0 aliphatic rings. The van der Waals surface area contributed by atoms with Crippen molar-refractivity contribution in [1.82, 2.24) is 0 Å². The predicted octanol–water partition coefficient (Wildman–Crippen LogP) is 3.14. The third-order valence-electron chi connectivity index (χ3n) is 5.55. The van der Waals surface area contributed by atoms with E-state index in [1.807, 2.05) is 36.4 Å². The first-order valence-electron chi connectivity index (χ1n) is 13.8. The van der Waals surface area contributed by atoms with Gasteiger partial charge in [-0.25, -0.2) is 0 Å². The van der Waals surface area contributed by atoms with Gasteiger partial charge in [0.1, 0.15) is 6.61 Å². The zero-order valence-corrected chi connectivity index (χ0v) is 24.8. The fourth-order valence-electron chi connectivity index (χ4n) is 3.45. The molecule has 0 heterocycles. The normalized spacial score (nSPS) is 11.8. The molecule has 0 bridgehead atoms. The lowest BCUT2D eigenvalue weighted by Crippen LogP contribution is -2.23. The highest BCUT2D eigenvalue weighted by atomic mass is 31.2. The van der Waals surface area contributed by atoms with Gasteiger partial charge in [0.15, 0.2) is 0 Å². The molecule has 0 spiro atoms. The van der Waals surface area contributed by atoms with Gasteiger partial charge in [0, 0.05) is 7.11 Å². The Morgan fingerprint density at radius 1 is 0.425 bits per heavy atom. The summed E-state index contributed by atoms with van der Waals surface area (Å²) in [6.07, 6.45) is 0. The third-order valence-corrected chi connectivity index (χ3v) is 8.44. The zero-order valence-electron chi connectivity index (χ0n) is 23.9. The monoisotopic (exact) mass is 582 g/mol. The van der Waals surface area contributed by atoms with Gasteiger partial charge in [-0.3, -0.25) is 4.52 Å². The van der Waals surface area contributed by atoms with Crippen molar-refractivity contribution in [2.45, 2.75) is 0 Å². The van der Waals surface area contributed by atoms with E-state index in [2.05, 4.69) is 30.9 Å². The Kier molecular flexibility index (Phi) is 20.9. The van der Waals surface area contributed by atoms with Crippen molar-refractivity contribution >= 4 is 18.1 Å². The Balaban J connectivity index is 1.35. The van der Waals surface area contributed by atoms with E-state index in [0.717, 1.165) is 10.6 Å². The summed E-state index contributed by atoms with van der Waals surface area (Å²) >= 11 is 0. The second-order valence-corrected chi connectivity index (χ2v) is 11.3. The van der Waals surface area contributed by atoms with Gasteiger partial charge in [0.05, 0.1) is 117 Å². The highest BCUT2D eigenvalue weighted by Gasteiger charge is 2.32. The number of ether oxygens (including phenoxy) is 8. The smallest absolute Gasteiger partial charge is 0.111 e. The molecule has 0 amide bonds. The molecule has 0 radical (unpaired) electrons. The Hall–Kier alpha value is -1.49. The van der Waals surface area contributed by atoms with E-state index in [0.29, 0.717) is 106 Å². The van der Waals surface area contributed by atoms with Crippen LogP contribution >= 0.6 is 7.49 Å². The van der Waals surface area contributed by atoms with Gasteiger partial charge in [-0.15, -0.1) is 6.66 Å². The molecule has 0 fully saturated rings. The van der Waals surface area contributed by atoms with Gasteiger partial charge in [-0.2, -0.15) is 0 Å². The van der Waals surface area contributed by atoms with E-state index in [1.54, 1.807) is 7.11 Å². The Labute approximate surface area is 240 Å². The molecular formula is C30H47O9P. The van der Waals surface area contributed by atoms with Crippen LogP contribution in [0.5, 0.6) is 0 Å². The first kappa shape index (κ1) is 34.7. The number of rotatable bonds is 27. The maximum atomic E-state index is 6.33. The molecule has 0 saturated carbocycles. The van der Waals surface area contributed by atoms with Crippen molar-refractivity contribution in [2.75, 3.05) is 113 Å². The van der Waals surface area contributed by atoms with Crippen molar-refractivity contribution in [3.05, 3.63) is 67.3 Å². The van der Waals surface area contributed by atoms with Crippen LogP contribution in [0.15, 0.2) is 60.7 Å². The summed E-state index contributed by atoms with van der Waals surface area (Å²) in [4.78, 5) is 0. The van der Waals surface area contributed by atoms with Gasteiger partial charge in [0.25, 0.3) is 0 Å². The molecule has 9 nitrogen and oxygen atoms in total. The standard InChI is InChI=1S/C30H47O9P/c1-31-13-14-32-15-16-33-17-18-34-19-20-35-21-22-36-23-24-37-25-26-38-27-28-39-40(2,29-9-5-3-6-10-29)30-11-7-4-8-12-30/h3-12H,2,13-28H2,1H3. The fraction of sp³-hybridized carbons (Fsp3) is 0.567. The lowest BCUT2D eigenvalue weighted by molar-refractivity contribution is -0.0226. The minimum Gasteiger partial charge on any atom is -0.382 e. The Bertz CT molecular complexity index is 774. The number of hydrogen-bond donors (Lipinski definition) is 0. The second kappa shape index (κ2) is 24.1. The van der Waals surface area contributed by atoms with E-state index in [1.165, 1.54) is 0 Å². The third kappa shape index (κ3) is 16.1. The summed E-state index contributed by atoms with van der Waals surface area (Å²) in [5.41, 5.74) is 0. The number of methoxy groups -OCH3 is 1. The molecule has 40 heavy (non-hydrogen) atoms. The van der Waals surface area contributed by atoms with Crippen LogP contribution in [-0.2, 0) is 42.4 Å². The number of benzene rings is 2. The maximum Gasteiger partial charge on any atom is 0.111 e. The SMILES string of the molecule is [CH2-][P+](OCCOCCOCCOCCOCCOCCOCCOCCOC)(c1ccccc1)c1ccccc1. The summed E-state index contributed by atoms with van der Waals surface area (Å²) in [7, 11) is -0.530. The molecule has 0 unspecified atom stereocenters. The van der Waals surface area contributed by atoms with Crippen LogP contribution < -0.4 is 10.6 Å². The highest BCUT2D eigenvalue weighted by molar-refractivity contribution is 7.86. The van der Waals surface area contributed by atoms with E-state index >= 15 is 0 Å². The van der Waals surface area contributed by atoms with E-state index < -0.39 is 7.49 Å². The maximum absolute atomic E-state index is 6.33. The molecule has 2 aromatic rings. The minimum absolute atomic E-state index is 0.466. The van der Waals surface area contributed by atoms with Gasteiger partial charge < -0.3 is 37.9 Å². The van der Waals surface area contributed by atoms with Crippen LogP contribution in [0.25, 0.3) is 0 Å². The molecule has 0 aromatic heterocycles. The Morgan fingerprint density at radius 3 is 1.00 bits per heavy atom. The first-order valence-corrected chi connectivity index (χ1v) is 15.7. The average molecular weight is 583 g/mol. The highest BCUT2D eigenvalue weighted by Crippen LogP contribution is 2.55. The quantitative estimate of drug-likeness (QED) is 0.0897. The molecule has 0 aliphatic heterocycles. The molecule has 10 heteroatoms. The van der Waals surface area contributed by atoms with Crippen LogP contribution in [-0.4, -0.2) is 113 Å². The average Bonchev–Trinajstić information content (AvgIpc) is 3.00. The van der Waals surface area contributed by atoms with Gasteiger partial charge in [-0.1, -0.05) is 36.4 Å². The van der Waals surface area contributed by atoms with E-state index in [4.69, 9.17) is 42.4 Å². The lowest BCUT2D eigenvalue weighted by atomic mass is 10.4. The van der Waals surface area contributed by atoms with Crippen molar-refractivity contribution in [3.63, 3.8) is 0 Å². The molecule has 0 N–H and O–H groups in total. The van der Waals surface area contributed by atoms with Crippen LogP contribution in [0.1, 0.15) is 0 Å². The van der Waals surface area contributed by atoms with Crippen LogP contribution in [0.3, 0.4) is 0 Å². The summed E-state index contributed by atoms with van der Waals surface area (Å²) in [6.45, 7) is 12.9. The Morgan fingerprint density at radius 2 is 0.700 bits per heavy atom. The van der Waals surface area contributed by atoms with E-state index in [-0.39, 0.29) is 0 Å². The molecule has 0 saturated heterocycles. The largest absolute Gasteiger partial charge is 0.382 e. The topological polar surface area (TPSA) is 83.1 Å². The molecule has 0 atom stereocenters. The molecule has 2 aromatic carbocycles. The molecule has 2 rings (SSSR count). The number of hydrogen-bond acceptors (Lipinski definition) is 9. The summed E-state index contributed by atoms with van der Waals surface area (Å²) in [6, 6.07) is 20.4. The predicted molar refractivity (Wildman–Crippen MR) is 158 cm³/mol. The van der Waals surface area contributed by atoms with Crippen LogP contribution in [0.2, 0.25) is 0 Å². The molecular weight excluding hydrogens is 535 g/mol. The van der Waals surface area contributed by atoms with Crippen molar-refractivity contribution < 1.29 is 42.4 Å². The van der Waals surface area contributed by atoms with Gasteiger partial charge in [0.2, 0.25) is 0 Å². The van der Waals surface area contributed by atoms with Gasteiger partial charge >= 0.3 is 0 Å². The van der Waals surface area contributed by atoms with Crippen molar-refractivity contribution in [2.24, 2.45) is 0 Å². The summed E-state index contributed by atoms with van der Waals surface area (Å²) in [5, 5.41) is 2.22. The molecule has 226 valence electrons. The minimum atomic E-state index is -2.18. The lowest BCUT2D eigenvalue weighted by Gasteiger charge is -2.28. The first-order chi connectivity index (χ1) is 19.8. The second-order valence-electron chi connectivity index (χ2n) is 8.52. The zero-order chi connectivity index (χ0) is 28.4. The van der Waals surface area contributed by atoms with Gasteiger partial charge in [-0.05, 0) is 24.3 Å².